The van der Waals surface area contributed by atoms with Crippen molar-refractivity contribution >= 4 is 34.4 Å². The van der Waals surface area contributed by atoms with Crippen molar-refractivity contribution in [2.75, 3.05) is 18.4 Å². The lowest BCUT2D eigenvalue weighted by molar-refractivity contribution is -0.123. The average molecular weight is 553 g/mol. The van der Waals surface area contributed by atoms with E-state index >= 15 is 0 Å². The van der Waals surface area contributed by atoms with E-state index in [-0.39, 0.29) is 5.56 Å². The second-order valence-corrected chi connectivity index (χ2v) is 11.2. The van der Waals surface area contributed by atoms with Crippen molar-refractivity contribution in [1.29, 1.82) is 0 Å². The fraction of sp³-hybridized carbons (Fsp3) is 0.375. The van der Waals surface area contributed by atoms with Crippen LogP contribution in [0.3, 0.4) is 0 Å². The molecule has 4 heterocycles. The lowest BCUT2D eigenvalue weighted by Gasteiger charge is -2.29. The Morgan fingerprint density at radius 1 is 1.05 bits per heavy atom. The smallest absolute Gasteiger partial charge is 0.336 e. The summed E-state index contributed by atoms with van der Waals surface area (Å²) in [7, 11) is 0. The van der Waals surface area contributed by atoms with E-state index < -0.39 is 17.9 Å². The molecule has 0 saturated carbocycles. The molecule has 0 spiro atoms. The number of pyridine rings is 1. The fourth-order valence-corrected chi connectivity index (χ4v) is 6.60. The lowest BCUT2D eigenvalue weighted by Crippen LogP contribution is -2.37. The maximum absolute atomic E-state index is 12.8. The molecular weight excluding hydrogens is 516 g/mol. The van der Waals surface area contributed by atoms with Crippen molar-refractivity contribution in [2.45, 2.75) is 65.5 Å². The summed E-state index contributed by atoms with van der Waals surface area (Å²) in [5, 5.41) is 13.6. The summed E-state index contributed by atoms with van der Waals surface area (Å²) in [6.07, 6.45) is 4.04. The number of carbonyl (C=O) groups excluding carboxylic acids is 1. The number of benzene rings is 2. The zero-order chi connectivity index (χ0) is 28.8. The third kappa shape index (κ3) is 4.84. The first-order chi connectivity index (χ1) is 19.7. The number of hydrogen-bond donors (Lipinski definition) is 3. The van der Waals surface area contributed by atoms with E-state index in [1.807, 2.05) is 17.9 Å². The standard InChI is InChI=1S/C32H36N6O3/c1-4-26-36-28-18(2)15-19(3)34-31(28)38(26)17-20-7-11-24-21(16-20)8-9-22-25(35-24)12-10-23(32(40)41)27(22)29(30(33)39)37-13-5-6-14-37/h7,10-12,15-16,29,35H,4-6,8-9,13-14,17H2,1-3H3,(H2,33,39)(H,40,41). The number of aromatic nitrogens is 3. The molecule has 1 atom stereocenters. The van der Waals surface area contributed by atoms with Crippen LogP contribution in [-0.4, -0.2) is 49.5 Å². The van der Waals surface area contributed by atoms with Gasteiger partial charge in [0.15, 0.2) is 5.65 Å². The Hall–Kier alpha value is -4.24. The number of likely N-dealkylation sites (tertiary alicyclic amines) is 1. The number of fused-ring (bicyclic) bond motifs is 3. The van der Waals surface area contributed by atoms with Crippen LogP contribution in [0.4, 0.5) is 11.4 Å². The minimum absolute atomic E-state index is 0.144. The second kappa shape index (κ2) is 10.6. The van der Waals surface area contributed by atoms with Crippen molar-refractivity contribution < 1.29 is 14.7 Å². The van der Waals surface area contributed by atoms with Gasteiger partial charge in [0.05, 0.1) is 12.1 Å². The van der Waals surface area contributed by atoms with Crippen molar-refractivity contribution in [3.63, 3.8) is 0 Å². The molecule has 0 bridgehead atoms. The van der Waals surface area contributed by atoms with Gasteiger partial charge in [0.1, 0.15) is 17.4 Å². The van der Waals surface area contributed by atoms with Gasteiger partial charge in [-0.15, -0.1) is 0 Å². The maximum atomic E-state index is 12.8. The first-order valence-electron chi connectivity index (χ1n) is 14.4. The van der Waals surface area contributed by atoms with E-state index in [1.54, 1.807) is 6.07 Å². The highest BCUT2D eigenvalue weighted by Crippen LogP contribution is 2.39. The highest BCUT2D eigenvalue weighted by atomic mass is 16.4. The van der Waals surface area contributed by atoms with Gasteiger partial charge in [-0.1, -0.05) is 19.1 Å². The van der Waals surface area contributed by atoms with Gasteiger partial charge >= 0.3 is 5.97 Å². The number of nitrogens with zero attached hydrogens (tertiary/aromatic N) is 4. The Bertz CT molecular complexity index is 1680. The number of nitrogens with one attached hydrogen (secondary N) is 1. The van der Waals surface area contributed by atoms with Gasteiger partial charge < -0.3 is 20.7 Å². The molecule has 1 saturated heterocycles. The van der Waals surface area contributed by atoms with Crippen LogP contribution in [0, 0.1) is 13.8 Å². The molecule has 0 aliphatic carbocycles. The van der Waals surface area contributed by atoms with Gasteiger partial charge in [-0.05, 0) is 105 Å². The molecule has 9 nitrogen and oxygen atoms in total. The molecule has 2 aliphatic rings. The first kappa shape index (κ1) is 27.0. The topological polar surface area (TPSA) is 126 Å². The number of carboxylic acid groups (broad SMARTS) is 1. The Kier molecular flexibility index (Phi) is 6.99. The summed E-state index contributed by atoms with van der Waals surface area (Å²) in [5.41, 5.74) is 15.5. The molecule has 2 aromatic carbocycles. The third-order valence-corrected chi connectivity index (χ3v) is 8.48. The maximum Gasteiger partial charge on any atom is 0.336 e. The van der Waals surface area contributed by atoms with E-state index in [9.17, 15) is 14.7 Å². The van der Waals surface area contributed by atoms with Gasteiger partial charge in [-0.25, -0.2) is 14.8 Å². The second-order valence-electron chi connectivity index (χ2n) is 11.2. The predicted octanol–water partition coefficient (Wildman–Crippen LogP) is 4.82. The average Bonchev–Trinajstić information content (AvgIpc) is 3.53. The van der Waals surface area contributed by atoms with E-state index in [0.29, 0.717) is 24.9 Å². The molecule has 6 rings (SSSR count). The summed E-state index contributed by atoms with van der Waals surface area (Å²) in [6, 6.07) is 11.1. The minimum atomic E-state index is -1.05. The van der Waals surface area contributed by atoms with E-state index in [4.69, 9.17) is 15.7 Å². The molecule has 1 amide bonds. The largest absolute Gasteiger partial charge is 0.478 e. The number of anilines is 2. The minimum Gasteiger partial charge on any atom is -0.478 e. The molecule has 212 valence electrons. The monoisotopic (exact) mass is 552 g/mol. The van der Waals surface area contributed by atoms with Gasteiger partial charge in [0.2, 0.25) is 5.91 Å². The molecule has 1 fully saturated rings. The normalized spacial score (nSPS) is 15.7. The number of carbonyl (C=O) groups is 2. The lowest BCUT2D eigenvalue weighted by atomic mass is 9.89. The van der Waals surface area contributed by atoms with E-state index in [0.717, 1.165) is 88.7 Å². The highest BCUT2D eigenvalue weighted by Gasteiger charge is 2.34. The number of rotatable bonds is 7. The number of amides is 1. The SMILES string of the molecule is CCc1nc2c(C)cc(C)nc2n1Cc1ccc2c(c1)CCc1c(ccc(C(=O)O)c1C(C(N)=O)N1CCCC1)N2. The van der Waals surface area contributed by atoms with Gasteiger partial charge in [0, 0.05) is 23.5 Å². The van der Waals surface area contributed by atoms with Gasteiger partial charge in [0.25, 0.3) is 0 Å². The molecule has 4 aromatic rings. The molecule has 9 heteroatoms. The molecule has 41 heavy (non-hydrogen) atoms. The summed E-state index contributed by atoms with van der Waals surface area (Å²) in [5.74, 6) is -0.548. The summed E-state index contributed by atoms with van der Waals surface area (Å²) < 4.78 is 2.21. The van der Waals surface area contributed by atoms with Crippen molar-refractivity contribution in [3.05, 3.63) is 81.3 Å². The first-order valence-corrected chi connectivity index (χ1v) is 14.4. The number of hydrogen-bond acceptors (Lipinski definition) is 6. The highest BCUT2D eigenvalue weighted by molar-refractivity contribution is 5.95. The Morgan fingerprint density at radius 2 is 1.80 bits per heavy atom. The number of aromatic carboxylic acids is 1. The van der Waals surface area contributed by atoms with Crippen molar-refractivity contribution in [1.82, 2.24) is 19.4 Å². The van der Waals surface area contributed by atoms with Gasteiger partial charge in [-0.3, -0.25) is 9.69 Å². The van der Waals surface area contributed by atoms with E-state index in [1.165, 1.54) is 0 Å². The number of imidazole rings is 1. The van der Waals surface area contributed by atoms with Crippen LogP contribution in [0.1, 0.15) is 75.5 Å². The molecule has 4 N–H and O–H groups in total. The zero-order valence-electron chi connectivity index (χ0n) is 23.8. The Balaban J connectivity index is 1.37. The zero-order valence-corrected chi connectivity index (χ0v) is 23.8. The summed E-state index contributed by atoms with van der Waals surface area (Å²) in [6.45, 7) is 8.31. The molecule has 1 unspecified atom stereocenters. The summed E-state index contributed by atoms with van der Waals surface area (Å²) in [4.78, 5) is 36.9. The van der Waals surface area contributed by atoms with Crippen LogP contribution < -0.4 is 11.1 Å². The molecule has 0 radical (unpaired) electrons. The van der Waals surface area contributed by atoms with Crippen LogP contribution in [-0.2, 0) is 30.6 Å². The summed E-state index contributed by atoms with van der Waals surface area (Å²) >= 11 is 0. The number of primary amides is 1. The fourth-order valence-electron chi connectivity index (χ4n) is 6.60. The van der Waals surface area contributed by atoms with Crippen molar-refractivity contribution in [3.8, 4) is 0 Å². The predicted molar refractivity (Wildman–Crippen MR) is 159 cm³/mol. The van der Waals surface area contributed by atoms with Crippen molar-refractivity contribution in [2.24, 2.45) is 5.73 Å². The number of nitrogens with two attached hydrogens (primary N) is 1. The van der Waals surface area contributed by atoms with E-state index in [2.05, 4.69) is 48.0 Å². The van der Waals surface area contributed by atoms with Crippen LogP contribution in [0.15, 0.2) is 36.4 Å². The quantitative estimate of drug-likeness (QED) is 0.300. The van der Waals surface area contributed by atoms with Crippen LogP contribution in [0.2, 0.25) is 0 Å². The molecule has 2 aromatic heterocycles. The Morgan fingerprint density at radius 3 is 2.51 bits per heavy atom. The molecule has 2 aliphatic heterocycles. The van der Waals surface area contributed by atoms with Crippen LogP contribution in [0.25, 0.3) is 11.2 Å². The molecular formula is C32H36N6O3. The number of carboxylic acids is 1. The Labute approximate surface area is 239 Å². The van der Waals surface area contributed by atoms with Crippen LogP contribution in [0.5, 0.6) is 0 Å². The van der Waals surface area contributed by atoms with Gasteiger partial charge in [-0.2, -0.15) is 0 Å². The van der Waals surface area contributed by atoms with Crippen LogP contribution >= 0.6 is 0 Å². The third-order valence-electron chi connectivity index (χ3n) is 8.48. The number of aryl methyl sites for hydroxylation is 4.